The average Bonchev–Trinajstić information content (AvgIpc) is 3.36. The summed E-state index contributed by atoms with van der Waals surface area (Å²) in [4.78, 5) is 0. The van der Waals surface area contributed by atoms with Gasteiger partial charge in [-0.3, -0.25) is 5.32 Å². The maximum atomic E-state index is 9.56. The lowest BCUT2D eigenvalue weighted by atomic mass is 9.96. The molecular weight excluding hydrogens is 268 g/mol. The van der Waals surface area contributed by atoms with Gasteiger partial charge < -0.3 is 14.2 Å². The van der Waals surface area contributed by atoms with E-state index in [4.69, 9.17) is 14.2 Å². The second-order valence-corrected chi connectivity index (χ2v) is 5.22. The lowest BCUT2D eigenvalue weighted by molar-refractivity contribution is 0.203. The first-order valence-corrected chi connectivity index (χ1v) is 7.19. The summed E-state index contributed by atoms with van der Waals surface area (Å²) >= 11 is 0. The molecule has 0 saturated heterocycles. The molecule has 114 valence electrons. The van der Waals surface area contributed by atoms with Crippen molar-refractivity contribution in [3.05, 3.63) is 18.2 Å². The first kappa shape index (κ1) is 15.5. The topological polar surface area (TPSA) is 63.5 Å². The van der Waals surface area contributed by atoms with Gasteiger partial charge in [-0.15, -0.1) is 0 Å². The quantitative estimate of drug-likeness (QED) is 0.796. The highest BCUT2D eigenvalue weighted by atomic mass is 16.5. The number of nitrogens with one attached hydrogen (secondary N) is 1. The molecule has 1 aliphatic rings. The van der Waals surface area contributed by atoms with Crippen molar-refractivity contribution in [3.63, 3.8) is 0 Å². The van der Waals surface area contributed by atoms with Gasteiger partial charge in [-0.05, 0) is 25.3 Å². The number of likely N-dealkylation sites (N-methyl/N-ethyl adjacent to an activating group) is 1. The molecule has 0 aliphatic heterocycles. The smallest absolute Gasteiger partial charge is 0.143 e. The molecule has 1 N–H and O–H groups in total. The van der Waals surface area contributed by atoms with Crippen LogP contribution in [-0.2, 0) is 0 Å². The Kier molecular flexibility index (Phi) is 4.92. The number of benzene rings is 1. The number of hydrogen-bond donors (Lipinski definition) is 1. The normalized spacial score (nSPS) is 16.7. The minimum absolute atomic E-state index is 0.318. The summed E-state index contributed by atoms with van der Waals surface area (Å²) < 4.78 is 16.3. The largest absolute Gasteiger partial charge is 0.496 e. The summed E-state index contributed by atoms with van der Waals surface area (Å²) in [5.74, 6) is 2.35. The van der Waals surface area contributed by atoms with Crippen molar-refractivity contribution in [1.29, 1.82) is 5.26 Å². The second kappa shape index (κ2) is 6.68. The average molecular weight is 290 g/mol. The Morgan fingerprint density at radius 2 is 1.76 bits per heavy atom. The molecule has 1 fully saturated rings. The molecule has 0 heterocycles. The number of hydrogen-bond acceptors (Lipinski definition) is 5. The van der Waals surface area contributed by atoms with Gasteiger partial charge in [0, 0.05) is 18.2 Å². The highest BCUT2D eigenvalue weighted by molar-refractivity contribution is 5.42. The van der Waals surface area contributed by atoms with Crippen molar-refractivity contribution in [2.75, 3.05) is 27.4 Å². The predicted octanol–water partition coefficient (Wildman–Crippen LogP) is 2.36. The molecule has 5 heteroatoms. The van der Waals surface area contributed by atoms with Crippen LogP contribution in [0, 0.1) is 17.2 Å². The van der Waals surface area contributed by atoms with Gasteiger partial charge in [0.1, 0.15) is 29.4 Å². The van der Waals surface area contributed by atoms with Gasteiger partial charge in [0.05, 0.1) is 20.3 Å². The van der Waals surface area contributed by atoms with Gasteiger partial charge in [-0.25, -0.2) is 0 Å². The number of nitrogens with zero attached hydrogens (tertiary/aromatic N) is 1. The van der Waals surface area contributed by atoms with Gasteiger partial charge in [0.15, 0.2) is 0 Å². The Balaban J connectivity index is 2.12. The minimum atomic E-state index is -0.606. The van der Waals surface area contributed by atoms with Crippen molar-refractivity contribution in [3.8, 4) is 23.3 Å². The summed E-state index contributed by atoms with van der Waals surface area (Å²) in [5.41, 5.74) is -0.606. The SMILES string of the molecule is CCNC(C#N)(COc1cc(OC)cc(OC)c1)C1CC1. The molecule has 5 nitrogen and oxygen atoms in total. The van der Waals surface area contributed by atoms with Crippen LogP contribution in [0.15, 0.2) is 18.2 Å². The summed E-state index contributed by atoms with van der Waals surface area (Å²) in [6, 6.07) is 7.78. The zero-order chi connectivity index (χ0) is 15.3. The van der Waals surface area contributed by atoms with Crippen molar-refractivity contribution in [1.82, 2.24) is 5.32 Å². The zero-order valence-corrected chi connectivity index (χ0v) is 12.8. The lowest BCUT2D eigenvalue weighted by Crippen LogP contribution is -2.50. The maximum Gasteiger partial charge on any atom is 0.143 e. The Labute approximate surface area is 125 Å². The highest BCUT2D eigenvalue weighted by Crippen LogP contribution is 2.40. The third-order valence-electron chi connectivity index (χ3n) is 3.76. The van der Waals surface area contributed by atoms with Crippen molar-refractivity contribution < 1.29 is 14.2 Å². The molecule has 1 aliphatic carbocycles. The van der Waals surface area contributed by atoms with Crippen LogP contribution in [0.4, 0.5) is 0 Å². The fraction of sp³-hybridized carbons (Fsp3) is 0.562. The molecular formula is C16H22N2O3. The molecule has 1 atom stereocenters. The van der Waals surface area contributed by atoms with E-state index in [1.807, 2.05) is 6.92 Å². The van der Waals surface area contributed by atoms with E-state index in [0.29, 0.717) is 29.8 Å². The zero-order valence-electron chi connectivity index (χ0n) is 12.8. The van der Waals surface area contributed by atoms with E-state index in [1.165, 1.54) is 0 Å². The van der Waals surface area contributed by atoms with Gasteiger partial charge in [-0.2, -0.15) is 5.26 Å². The second-order valence-electron chi connectivity index (χ2n) is 5.22. The van der Waals surface area contributed by atoms with Crippen LogP contribution in [0.2, 0.25) is 0 Å². The third kappa shape index (κ3) is 3.59. The predicted molar refractivity (Wildman–Crippen MR) is 79.8 cm³/mol. The van der Waals surface area contributed by atoms with E-state index < -0.39 is 5.54 Å². The van der Waals surface area contributed by atoms with Crippen molar-refractivity contribution >= 4 is 0 Å². The Morgan fingerprint density at radius 1 is 1.19 bits per heavy atom. The van der Waals surface area contributed by atoms with Gasteiger partial charge >= 0.3 is 0 Å². The highest BCUT2D eigenvalue weighted by Gasteiger charge is 2.46. The Bertz CT molecular complexity index is 500. The summed E-state index contributed by atoms with van der Waals surface area (Å²) in [5, 5.41) is 12.8. The standard InChI is InChI=1S/C16H22N2O3/c1-4-18-16(10-17,12-5-6-12)11-21-15-8-13(19-2)7-14(9-15)20-3/h7-9,12,18H,4-6,11H2,1-3H3. The first-order valence-electron chi connectivity index (χ1n) is 7.19. The number of rotatable bonds is 8. The van der Waals surface area contributed by atoms with E-state index in [1.54, 1.807) is 32.4 Å². The fourth-order valence-electron chi connectivity index (χ4n) is 2.43. The number of nitriles is 1. The molecule has 1 saturated carbocycles. The Morgan fingerprint density at radius 3 is 2.19 bits per heavy atom. The molecule has 2 rings (SSSR count). The summed E-state index contributed by atoms with van der Waals surface area (Å²) in [6.45, 7) is 3.07. The van der Waals surface area contributed by atoms with Crippen LogP contribution in [0.5, 0.6) is 17.2 Å². The molecule has 21 heavy (non-hydrogen) atoms. The monoisotopic (exact) mass is 290 g/mol. The van der Waals surface area contributed by atoms with Gasteiger partial charge in [0.2, 0.25) is 0 Å². The van der Waals surface area contributed by atoms with E-state index in [-0.39, 0.29) is 0 Å². The van der Waals surface area contributed by atoms with Gasteiger partial charge in [0.25, 0.3) is 0 Å². The molecule has 1 aromatic carbocycles. The van der Waals surface area contributed by atoms with Crippen molar-refractivity contribution in [2.24, 2.45) is 5.92 Å². The minimum Gasteiger partial charge on any atom is -0.496 e. The van der Waals surface area contributed by atoms with Crippen LogP contribution in [0.1, 0.15) is 19.8 Å². The number of methoxy groups -OCH3 is 2. The maximum absolute atomic E-state index is 9.56. The molecule has 0 amide bonds. The Hall–Kier alpha value is -1.93. The van der Waals surface area contributed by atoms with Crippen LogP contribution in [0.3, 0.4) is 0 Å². The molecule has 0 bridgehead atoms. The van der Waals surface area contributed by atoms with Crippen LogP contribution in [-0.4, -0.2) is 32.9 Å². The van der Waals surface area contributed by atoms with E-state index >= 15 is 0 Å². The first-order chi connectivity index (χ1) is 10.2. The van der Waals surface area contributed by atoms with Gasteiger partial charge in [-0.1, -0.05) is 6.92 Å². The fourth-order valence-corrected chi connectivity index (χ4v) is 2.43. The van der Waals surface area contributed by atoms with E-state index in [0.717, 1.165) is 19.4 Å². The van der Waals surface area contributed by atoms with Crippen LogP contribution < -0.4 is 19.5 Å². The lowest BCUT2D eigenvalue weighted by Gasteiger charge is -2.27. The molecule has 0 spiro atoms. The molecule has 1 aromatic rings. The molecule has 1 unspecified atom stereocenters. The molecule has 0 radical (unpaired) electrons. The third-order valence-corrected chi connectivity index (χ3v) is 3.76. The number of ether oxygens (including phenoxy) is 3. The summed E-state index contributed by atoms with van der Waals surface area (Å²) in [7, 11) is 3.20. The van der Waals surface area contributed by atoms with Crippen LogP contribution >= 0.6 is 0 Å². The van der Waals surface area contributed by atoms with Crippen molar-refractivity contribution in [2.45, 2.75) is 25.3 Å². The van der Waals surface area contributed by atoms with Crippen LogP contribution in [0.25, 0.3) is 0 Å². The summed E-state index contributed by atoms with van der Waals surface area (Å²) in [6.07, 6.45) is 2.15. The molecule has 0 aromatic heterocycles. The van der Waals surface area contributed by atoms with E-state index in [9.17, 15) is 5.26 Å². The van der Waals surface area contributed by atoms with E-state index in [2.05, 4.69) is 11.4 Å².